The fraction of sp³-hybridized carbons (Fsp3) is 0.0833. The van der Waals surface area contributed by atoms with Crippen molar-refractivity contribution in [3.63, 3.8) is 0 Å². The molecule has 0 aliphatic heterocycles. The molecule has 0 fully saturated rings. The standard InChI is InChI=1S/C24H17ClO5/c1-28-24(27)16-12-10-15(11-13-16)14-29-23-21(26)18-7-3-5-9-20(18)30-22(23)17-6-2-4-8-19(17)25/h2-13H,14H2,1H3. The van der Waals surface area contributed by atoms with Crippen LogP contribution >= 0.6 is 11.6 Å². The van der Waals surface area contributed by atoms with E-state index in [9.17, 15) is 9.59 Å². The lowest BCUT2D eigenvalue weighted by atomic mass is 10.1. The number of para-hydroxylation sites is 1. The molecular formula is C24H17ClO5. The Bertz CT molecular complexity index is 1280. The Morgan fingerprint density at radius 3 is 2.40 bits per heavy atom. The monoisotopic (exact) mass is 420 g/mol. The third kappa shape index (κ3) is 3.80. The smallest absolute Gasteiger partial charge is 0.337 e. The van der Waals surface area contributed by atoms with E-state index in [-0.39, 0.29) is 23.5 Å². The highest BCUT2D eigenvalue weighted by molar-refractivity contribution is 6.33. The van der Waals surface area contributed by atoms with Crippen molar-refractivity contribution in [3.05, 3.63) is 99.2 Å². The van der Waals surface area contributed by atoms with E-state index in [1.807, 2.05) is 6.07 Å². The van der Waals surface area contributed by atoms with E-state index in [2.05, 4.69) is 0 Å². The molecule has 5 nitrogen and oxygen atoms in total. The Labute approximate surface area is 177 Å². The number of carbonyl (C=O) groups excluding carboxylic acids is 1. The maximum atomic E-state index is 13.1. The Hall–Kier alpha value is -3.57. The first kappa shape index (κ1) is 19.7. The van der Waals surface area contributed by atoms with Gasteiger partial charge in [-0.15, -0.1) is 0 Å². The van der Waals surface area contributed by atoms with Gasteiger partial charge in [-0.2, -0.15) is 0 Å². The van der Waals surface area contributed by atoms with E-state index in [4.69, 9.17) is 25.5 Å². The quantitative estimate of drug-likeness (QED) is 0.400. The van der Waals surface area contributed by atoms with Crippen molar-refractivity contribution in [3.8, 4) is 17.1 Å². The second kappa shape index (κ2) is 8.43. The van der Waals surface area contributed by atoms with Gasteiger partial charge in [0.15, 0.2) is 5.76 Å². The maximum Gasteiger partial charge on any atom is 0.337 e. The van der Waals surface area contributed by atoms with Crippen molar-refractivity contribution in [1.29, 1.82) is 0 Å². The van der Waals surface area contributed by atoms with Crippen LogP contribution in [-0.4, -0.2) is 13.1 Å². The average Bonchev–Trinajstić information content (AvgIpc) is 2.78. The fourth-order valence-corrected chi connectivity index (χ4v) is 3.31. The highest BCUT2D eigenvalue weighted by Crippen LogP contribution is 2.35. The van der Waals surface area contributed by atoms with Crippen LogP contribution in [0.3, 0.4) is 0 Å². The molecule has 30 heavy (non-hydrogen) atoms. The van der Waals surface area contributed by atoms with E-state index in [0.29, 0.717) is 27.1 Å². The molecule has 0 saturated carbocycles. The third-order valence-electron chi connectivity index (χ3n) is 4.63. The maximum absolute atomic E-state index is 13.1. The minimum atomic E-state index is -0.418. The minimum Gasteiger partial charge on any atom is -0.481 e. The van der Waals surface area contributed by atoms with E-state index in [0.717, 1.165) is 5.56 Å². The summed E-state index contributed by atoms with van der Waals surface area (Å²) in [5.74, 6) is -0.0621. The summed E-state index contributed by atoms with van der Waals surface area (Å²) < 4.78 is 16.6. The van der Waals surface area contributed by atoms with Crippen LogP contribution in [0.5, 0.6) is 5.75 Å². The Balaban J connectivity index is 1.75. The molecule has 1 aromatic heterocycles. The number of hydrogen-bond acceptors (Lipinski definition) is 5. The molecule has 4 rings (SSSR count). The van der Waals surface area contributed by atoms with Gasteiger partial charge >= 0.3 is 5.97 Å². The molecule has 0 atom stereocenters. The fourth-order valence-electron chi connectivity index (χ4n) is 3.09. The molecule has 0 N–H and O–H groups in total. The molecule has 0 amide bonds. The summed E-state index contributed by atoms with van der Waals surface area (Å²) in [6.45, 7) is 0.113. The molecule has 150 valence electrons. The number of esters is 1. The summed E-state index contributed by atoms with van der Waals surface area (Å²) in [5.41, 5.74) is 1.95. The van der Waals surface area contributed by atoms with Crippen molar-refractivity contribution < 1.29 is 18.7 Å². The van der Waals surface area contributed by atoms with Crippen LogP contribution in [0.15, 0.2) is 82.0 Å². The first-order chi connectivity index (χ1) is 14.6. The summed E-state index contributed by atoms with van der Waals surface area (Å²) in [6.07, 6.45) is 0. The van der Waals surface area contributed by atoms with Crippen LogP contribution in [0.4, 0.5) is 0 Å². The minimum absolute atomic E-state index is 0.0823. The van der Waals surface area contributed by atoms with Crippen molar-refractivity contribution >= 4 is 28.5 Å². The molecule has 0 spiro atoms. The highest BCUT2D eigenvalue weighted by atomic mass is 35.5. The Kier molecular flexibility index (Phi) is 5.55. The second-order valence-corrected chi connectivity index (χ2v) is 6.95. The van der Waals surface area contributed by atoms with Gasteiger partial charge in [-0.25, -0.2) is 4.79 Å². The molecule has 3 aromatic carbocycles. The van der Waals surface area contributed by atoms with Gasteiger partial charge in [0.25, 0.3) is 0 Å². The van der Waals surface area contributed by atoms with Crippen molar-refractivity contribution in [2.45, 2.75) is 6.61 Å². The number of hydrogen-bond donors (Lipinski definition) is 0. The van der Waals surface area contributed by atoms with Crippen LogP contribution < -0.4 is 10.2 Å². The van der Waals surface area contributed by atoms with Crippen molar-refractivity contribution in [2.24, 2.45) is 0 Å². The molecule has 0 bridgehead atoms. The Morgan fingerprint density at radius 1 is 0.967 bits per heavy atom. The summed E-state index contributed by atoms with van der Waals surface area (Å²) in [7, 11) is 1.33. The number of rotatable bonds is 5. The first-order valence-electron chi connectivity index (χ1n) is 9.19. The van der Waals surface area contributed by atoms with Crippen molar-refractivity contribution in [1.82, 2.24) is 0 Å². The van der Waals surface area contributed by atoms with E-state index >= 15 is 0 Å². The van der Waals surface area contributed by atoms with Crippen LogP contribution in [-0.2, 0) is 11.3 Å². The van der Waals surface area contributed by atoms with Crippen LogP contribution in [0.2, 0.25) is 5.02 Å². The van der Waals surface area contributed by atoms with E-state index in [1.165, 1.54) is 7.11 Å². The third-order valence-corrected chi connectivity index (χ3v) is 4.96. The molecule has 0 radical (unpaired) electrons. The van der Waals surface area contributed by atoms with Gasteiger partial charge < -0.3 is 13.9 Å². The van der Waals surface area contributed by atoms with E-state index in [1.54, 1.807) is 66.7 Å². The number of ether oxygens (including phenoxy) is 2. The number of fused-ring (bicyclic) bond motifs is 1. The lowest BCUT2D eigenvalue weighted by Gasteiger charge is -2.13. The van der Waals surface area contributed by atoms with E-state index < -0.39 is 5.97 Å². The normalized spacial score (nSPS) is 10.7. The lowest BCUT2D eigenvalue weighted by Crippen LogP contribution is -2.10. The summed E-state index contributed by atoms with van der Waals surface area (Å²) in [4.78, 5) is 24.7. The Morgan fingerprint density at radius 2 is 1.67 bits per heavy atom. The predicted molar refractivity (Wildman–Crippen MR) is 115 cm³/mol. The van der Waals surface area contributed by atoms with Crippen molar-refractivity contribution in [2.75, 3.05) is 7.11 Å². The lowest BCUT2D eigenvalue weighted by molar-refractivity contribution is 0.0600. The van der Waals surface area contributed by atoms with Gasteiger partial charge in [0, 0.05) is 5.56 Å². The SMILES string of the molecule is COC(=O)c1ccc(COc2c(-c3ccccc3Cl)oc3ccccc3c2=O)cc1. The highest BCUT2D eigenvalue weighted by Gasteiger charge is 2.19. The second-order valence-electron chi connectivity index (χ2n) is 6.54. The zero-order valence-corrected chi connectivity index (χ0v) is 16.8. The largest absolute Gasteiger partial charge is 0.481 e. The molecule has 0 saturated heterocycles. The molecule has 6 heteroatoms. The number of carbonyl (C=O) groups is 1. The van der Waals surface area contributed by atoms with Crippen LogP contribution in [0.1, 0.15) is 15.9 Å². The van der Waals surface area contributed by atoms with Gasteiger partial charge in [0.2, 0.25) is 11.2 Å². The predicted octanol–water partition coefficient (Wildman–Crippen LogP) is 5.48. The van der Waals surface area contributed by atoms with Crippen LogP contribution in [0, 0.1) is 0 Å². The first-order valence-corrected chi connectivity index (χ1v) is 9.57. The molecular weight excluding hydrogens is 404 g/mol. The number of methoxy groups -OCH3 is 1. The zero-order valence-electron chi connectivity index (χ0n) is 16.1. The summed E-state index contributed by atoms with van der Waals surface area (Å²) in [5, 5.41) is 0.868. The van der Waals surface area contributed by atoms with Gasteiger partial charge in [-0.1, -0.05) is 48.0 Å². The molecule has 4 aromatic rings. The zero-order chi connectivity index (χ0) is 21.1. The van der Waals surface area contributed by atoms with Crippen LogP contribution in [0.25, 0.3) is 22.3 Å². The molecule has 0 aliphatic carbocycles. The number of benzene rings is 3. The summed E-state index contributed by atoms with van der Waals surface area (Å²) >= 11 is 6.35. The number of halogens is 1. The topological polar surface area (TPSA) is 65.7 Å². The average molecular weight is 421 g/mol. The molecule has 1 heterocycles. The molecule has 0 unspecified atom stereocenters. The summed E-state index contributed by atoms with van der Waals surface area (Å²) in [6, 6.07) is 20.9. The van der Waals surface area contributed by atoms with Gasteiger partial charge in [-0.3, -0.25) is 4.79 Å². The molecule has 0 aliphatic rings. The van der Waals surface area contributed by atoms with Gasteiger partial charge in [0.05, 0.1) is 23.1 Å². The van der Waals surface area contributed by atoms with Gasteiger partial charge in [-0.05, 0) is 42.0 Å². The van der Waals surface area contributed by atoms with Gasteiger partial charge in [0.1, 0.15) is 12.2 Å².